The van der Waals surface area contributed by atoms with Crippen LogP contribution in [0.1, 0.15) is 4.88 Å². The third kappa shape index (κ3) is 3.25. The molecule has 2 fully saturated rings. The van der Waals surface area contributed by atoms with Crippen LogP contribution in [0.2, 0.25) is 0 Å². The molecule has 1 atom stereocenters. The molecule has 0 aliphatic carbocycles. The van der Waals surface area contributed by atoms with Crippen LogP contribution in [0.5, 0.6) is 0 Å². The molecule has 6 nitrogen and oxygen atoms in total. The number of carbonyl (C=O) groups excluding carboxylic acids is 1. The first-order chi connectivity index (χ1) is 11.7. The normalized spacial score (nSPS) is 26.0. The molecular weight excluding hydrogens is 328 g/mol. The minimum absolute atomic E-state index is 0.0453. The molecule has 2 aromatic rings. The fourth-order valence-corrected chi connectivity index (χ4v) is 4.03. The number of hydrogen-bond acceptors (Lipinski definition) is 6. The molecule has 4 rings (SSSR count). The Morgan fingerprint density at radius 1 is 1.29 bits per heavy atom. The number of hydrogen-bond donors (Lipinski definition) is 0. The zero-order valence-electron chi connectivity index (χ0n) is 13.3. The molecule has 2 aromatic heterocycles. The van der Waals surface area contributed by atoms with Crippen molar-refractivity contribution in [2.75, 3.05) is 44.4 Å². The summed E-state index contributed by atoms with van der Waals surface area (Å²) in [5, 5.41) is 2.09. The van der Waals surface area contributed by atoms with Gasteiger partial charge in [0.1, 0.15) is 18.5 Å². The van der Waals surface area contributed by atoms with Crippen LogP contribution >= 0.6 is 11.3 Å². The maximum absolute atomic E-state index is 12.2. The maximum Gasteiger partial charge on any atom is 0.253 e. The molecule has 2 aliphatic heterocycles. The summed E-state index contributed by atoms with van der Waals surface area (Å²) in [6, 6.07) is 6.02. The van der Waals surface area contributed by atoms with Crippen LogP contribution < -0.4 is 4.90 Å². The van der Waals surface area contributed by atoms with Gasteiger partial charge in [0.15, 0.2) is 0 Å². The van der Waals surface area contributed by atoms with E-state index in [1.165, 1.54) is 4.88 Å². The lowest BCUT2D eigenvalue weighted by Crippen LogP contribution is -2.60. The summed E-state index contributed by atoms with van der Waals surface area (Å²) in [4.78, 5) is 17.7. The Bertz CT molecular complexity index is 673. The first-order valence-corrected chi connectivity index (χ1v) is 8.91. The van der Waals surface area contributed by atoms with E-state index in [-0.39, 0.29) is 12.5 Å². The Balaban J connectivity index is 1.52. The van der Waals surface area contributed by atoms with E-state index in [2.05, 4.69) is 22.4 Å². The van der Waals surface area contributed by atoms with Gasteiger partial charge in [0.05, 0.1) is 31.7 Å². The van der Waals surface area contributed by atoms with E-state index in [9.17, 15) is 4.79 Å². The summed E-state index contributed by atoms with van der Waals surface area (Å²) in [5.41, 5.74) is 0.274. The Hall–Kier alpha value is -1.67. The Labute approximate surface area is 144 Å². The summed E-state index contributed by atoms with van der Waals surface area (Å²) in [6.45, 7) is 4.21. The first kappa shape index (κ1) is 15.8. The third-order valence-electron chi connectivity index (χ3n) is 4.46. The van der Waals surface area contributed by atoms with Crippen molar-refractivity contribution in [2.45, 2.75) is 12.1 Å². The zero-order valence-corrected chi connectivity index (χ0v) is 14.2. The third-order valence-corrected chi connectivity index (χ3v) is 5.32. The number of amides is 1. The van der Waals surface area contributed by atoms with Crippen molar-refractivity contribution in [1.29, 1.82) is 0 Å². The number of rotatable bonds is 3. The highest BCUT2D eigenvalue weighted by atomic mass is 32.1. The van der Waals surface area contributed by atoms with Crippen molar-refractivity contribution in [3.8, 4) is 0 Å². The molecule has 128 valence electrons. The van der Waals surface area contributed by atoms with E-state index in [1.54, 1.807) is 34.8 Å². The molecule has 0 unspecified atom stereocenters. The van der Waals surface area contributed by atoms with Gasteiger partial charge in [-0.15, -0.1) is 11.3 Å². The smallest absolute Gasteiger partial charge is 0.253 e. The van der Waals surface area contributed by atoms with Gasteiger partial charge in [0, 0.05) is 30.6 Å². The lowest BCUT2D eigenvalue weighted by Gasteiger charge is -2.42. The number of carbonyl (C=O) groups is 1. The van der Waals surface area contributed by atoms with Crippen molar-refractivity contribution in [3.63, 3.8) is 0 Å². The summed E-state index contributed by atoms with van der Waals surface area (Å²) >= 11 is 1.76. The van der Waals surface area contributed by atoms with E-state index in [0.717, 1.165) is 25.3 Å². The number of nitrogens with zero attached hydrogens (tertiary/aromatic N) is 2. The van der Waals surface area contributed by atoms with Gasteiger partial charge in [-0.3, -0.25) is 9.69 Å². The number of furan rings is 1. The van der Waals surface area contributed by atoms with Gasteiger partial charge in [-0.25, -0.2) is 0 Å². The van der Waals surface area contributed by atoms with E-state index in [4.69, 9.17) is 13.9 Å². The number of thiophene rings is 1. The Morgan fingerprint density at radius 3 is 3.04 bits per heavy atom. The van der Waals surface area contributed by atoms with E-state index in [1.807, 2.05) is 0 Å². The largest absolute Gasteiger partial charge is 0.470 e. The highest BCUT2D eigenvalue weighted by Gasteiger charge is 2.43. The molecule has 2 saturated heterocycles. The van der Waals surface area contributed by atoms with Crippen molar-refractivity contribution >= 4 is 22.9 Å². The SMILES string of the molecule is O=C1CO[C@@]2(COCCN(Cc3cccs3)C2)CN1c1ccoc1. The van der Waals surface area contributed by atoms with Crippen molar-refractivity contribution in [3.05, 3.63) is 41.0 Å². The van der Waals surface area contributed by atoms with Gasteiger partial charge in [0.25, 0.3) is 5.91 Å². The van der Waals surface area contributed by atoms with Gasteiger partial charge < -0.3 is 18.8 Å². The van der Waals surface area contributed by atoms with Crippen molar-refractivity contribution in [2.24, 2.45) is 0 Å². The molecule has 0 N–H and O–H groups in total. The number of ether oxygens (including phenoxy) is 2. The van der Waals surface area contributed by atoms with E-state index >= 15 is 0 Å². The highest BCUT2D eigenvalue weighted by Crippen LogP contribution is 2.28. The topological polar surface area (TPSA) is 55.2 Å². The maximum atomic E-state index is 12.2. The van der Waals surface area contributed by atoms with E-state index < -0.39 is 5.60 Å². The predicted octanol–water partition coefficient (Wildman–Crippen LogP) is 1.98. The highest BCUT2D eigenvalue weighted by molar-refractivity contribution is 7.09. The monoisotopic (exact) mass is 348 g/mol. The number of anilines is 1. The number of morpholine rings is 1. The van der Waals surface area contributed by atoms with Gasteiger partial charge in [-0.05, 0) is 11.4 Å². The molecule has 2 aliphatic rings. The molecule has 0 aromatic carbocycles. The second-order valence-electron chi connectivity index (χ2n) is 6.28. The second kappa shape index (κ2) is 6.68. The quantitative estimate of drug-likeness (QED) is 0.849. The molecule has 1 amide bonds. The molecule has 7 heteroatoms. The van der Waals surface area contributed by atoms with Crippen LogP contribution in [0.3, 0.4) is 0 Å². The van der Waals surface area contributed by atoms with Gasteiger partial charge in [0.2, 0.25) is 0 Å². The minimum atomic E-state index is -0.501. The van der Waals surface area contributed by atoms with Gasteiger partial charge >= 0.3 is 0 Å². The van der Waals surface area contributed by atoms with Crippen LogP contribution in [-0.4, -0.2) is 55.9 Å². The second-order valence-corrected chi connectivity index (χ2v) is 7.31. The Kier molecular flexibility index (Phi) is 4.41. The molecular formula is C17H20N2O4S. The molecule has 1 spiro atoms. The van der Waals surface area contributed by atoms with Gasteiger partial charge in [-0.1, -0.05) is 6.07 Å². The lowest BCUT2D eigenvalue weighted by molar-refractivity contribution is -0.146. The standard InChI is InChI=1S/C17H20N2O4S/c20-16-10-23-17(12-19(16)14-3-5-21-9-14)11-18(4-6-22-13-17)8-15-2-1-7-24-15/h1-3,5,7,9H,4,6,8,10-13H2/t17-/m1/s1. The van der Waals surface area contributed by atoms with Crippen LogP contribution in [-0.2, 0) is 20.8 Å². The lowest BCUT2D eigenvalue weighted by atomic mass is 10.0. The molecule has 0 radical (unpaired) electrons. The van der Waals surface area contributed by atoms with Gasteiger partial charge in [-0.2, -0.15) is 0 Å². The first-order valence-electron chi connectivity index (χ1n) is 8.03. The molecule has 0 bridgehead atoms. The fraction of sp³-hybridized carbons (Fsp3) is 0.471. The summed E-state index contributed by atoms with van der Waals surface area (Å²) in [5.74, 6) is -0.0453. The van der Waals surface area contributed by atoms with E-state index in [0.29, 0.717) is 19.8 Å². The molecule has 24 heavy (non-hydrogen) atoms. The van der Waals surface area contributed by atoms with Crippen LogP contribution in [0.4, 0.5) is 5.69 Å². The predicted molar refractivity (Wildman–Crippen MR) is 90.2 cm³/mol. The summed E-state index contributed by atoms with van der Waals surface area (Å²) in [7, 11) is 0. The fourth-order valence-electron chi connectivity index (χ4n) is 3.29. The summed E-state index contributed by atoms with van der Waals surface area (Å²) < 4.78 is 16.9. The summed E-state index contributed by atoms with van der Waals surface area (Å²) in [6.07, 6.45) is 3.18. The van der Waals surface area contributed by atoms with Crippen LogP contribution in [0.15, 0.2) is 40.5 Å². The molecule has 4 heterocycles. The average Bonchev–Trinajstić information content (AvgIpc) is 3.24. The van der Waals surface area contributed by atoms with Crippen LogP contribution in [0.25, 0.3) is 0 Å². The van der Waals surface area contributed by atoms with Crippen molar-refractivity contribution < 1.29 is 18.7 Å². The van der Waals surface area contributed by atoms with Crippen LogP contribution in [0, 0.1) is 0 Å². The van der Waals surface area contributed by atoms with Crippen molar-refractivity contribution in [1.82, 2.24) is 4.90 Å². The zero-order chi connectivity index (χ0) is 16.4. The molecule has 0 saturated carbocycles. The minimum Gasteiger partial charge on any atom is -0.470 e. The average molecular weight is 348 g/mol. The Morgan fingerprint density at radius 2 is 2.25 bits per heavy atom.